The first-order valence-corrected chi connectivity index (χ1v) is 7.89. The number of hydrogen-bond donors (Lipinski definition) is 0. The highest BCUT2D eigenvalue weighted by Gasteiger charge is 2.38. The first-order valence-electron chi connectivity index (χ1n) is 7.89. The summed E-state index contributed by atoms with van der Waals surface area (Å²) in [6.45, 7) is 8.45. The molecule has 1 fully saturated rings. The second kappa shape index (κ2) is 6.69. The molecule has 1 aliphatic heterocycles. The molecule has 4 heteroatoms. The van der Waals surface area contributed by atoms with E-state index in [0.29, 0.717) is 6.54 Å². The highest BCUT2D eigenvalue weighted by atomic mass is 16.6. The Labute approximate surface area is 133 Å². The van der Waals surface area contributed by atoms with Gasteiger partial charge in [-0.25, -0.2) is 4.79 Å². The van der Waals surface area contributed by atoms with Gasteiger partial charge in [0.25, 0.3) is 0 Å². The third-order valence-corrected chi connectivity index (χ3v) is 4.07. The lowest BCUT2D eigenvalue weighted by atomic mass is 9.87. The van der Waals surface area contributed by atoms with Crippen LogP contribution in [-0.4, -0.2) is 36.4 Å². The molecule has 1 aromatic rings. The molecule has 0 N–H and O–H groups in total. The maximum Gasteiger partial charge on any atom is 0.410 e. The lowest BCUT2D eigenvalue weighted by Gasteiger charge is -2.42. The SMILES string of the molecule is CO[C@H]1C[C@H](c2ccccc2)N(C(=O)OC(C)(C)C)C[C@H]1C. The van der Waals surface area contributed by atoms with E-state index < -0.39 is 5.60 Å². The van der Waals surface area contributed by atoms with Crippen molar-refractivity contribution in [1.82, 2.24) is 4.90 Å². The molecular weight excluding hydrogens is 278 g/mol. The predicted molar refractivity (Wildman–Crippen MR) is 86.7 cm³/mol. The van der Waals surface area contributed by atoms with Crippen molar-refractivity contribution in [1.29, 1.82) is 0 Å². The van der Waals surface area contributed by atoms with Crippen LogP contribution in [0, 0.1) is 5.92 Å². The number of likely N-dealkylation sites (tertiary alicyclic amines) is 1. The smallest absolute Gasteiger partial charge is 0.410 e. The minimum absolute atomic E-state index is 0.00259. The summed E-state index contributed by atoms with van der Waals surface area (Å²) in [7, 11) is 1.74. The Balaban J connectivity index is 2.25. The van der Waals surface area contributed by atoms with Gasteiger partial charge in [-0.15, -0.1) is 0 Å². The van der Waals surface area contributed by atoms with Gasteiger partial charge < -0.3 is 14.4 Å². The monoisotopic (exact) mass is 305 g/mol. The molecule has 1 amide bonds. The number of carbonyl (C=O) groups excluding carboxylic acids is 1. The molecule has 0 aliphatic carbocycles. The molecule has 1 aliphatic rings. The Kier molecular flexibility index (Phi) is 5.12. The Morgan fingerprint density at radius 2 is 1.86 bits per heavy atom. The summed E-state index contributed by atoms with van der Waals surface area (Å²) in [6.07, 6.45) is 0.702. The number of rotatable bonds is 2. The maximum atomic E-state index is 12.6. The van der Waals surface area contributed by atoms with Crippen molar-refractivity contribution in [3.63, 3.8) is 0 Å². The summed E-state index contributed by atoms with van der Waals surface area (Å²) in [5.74, 6) is 0.289. The fraction of sp³-hybridized carbons (Fsp3) is 0.611. The van der Waals surface area contributed by atoms with E-state index in [9.17, 15) is 4.79 Å². The van der Waals surface area contributed by atoms with Gasteiger partial charge in [-0.1, -0.05) is 37.3 Å². The van der Waals surface area contributed by atoms with Crippen molar-refractivity contribution < 1.29 is 14.3 Å². The van der Waals surface area contributed by atoms with Crippen molar-refractivity contribution in [3.8, 4) is 0 Å². The summed E-state index contributed by atoms with van der Waals surface area (Å²) in [5, 5.41) is 0. The fourth-order valence-electron chi connectivity index (χ4n) is 2.98. The first-order chi connectivity index (χ1) is 10.3. The molecule has 0 spiro atoms. The van der Waals surface area contributed by atoms with Crippen LogP contribution in [0.25, 0.3) is 0 Å². The lowest BCUT2D eigenvalue weighted by molar-refractivity contribution is -0.0416. The molecule has 4 nitrogen and oxygen atoms in total. The van der Waals surface area contributed by atoms with Crippen LogP contribution in [0.2, 0.25) is 0 Å². The van der Waals surface area contributed by atoms with Crippen LogP contribution in [0.1, 0.15) is 45.7 Å². The third-order valence-electron chi connectivity index (χ3n) is 4.07. The van der Waals surface area contributed by atoms with E-state index in [1.54, 1.807) is 7.11 Å². The Hall–Kier alpha value is -1.55. The zero-order valence-electron chi connectivity index (χ0n) is 14.2. The average Bonchev–Trinajstić information content (AvgIpc) is 2.46. The zero-order chi connectivity index (χ0) is 16.3. The van der Waals surface area contributed by atoms with E-state index >= 15 is 0 Å². The molecule has 0 unspecified atom stereocenters. The predicted octanol–water partition coefficient (Wildman–Crippen LogP) is 4.02. The summed E-state index contributed by atoms with van der Waals surface area (Å²) in [5.41, 5.74) is 0.641. The van der Waals surface area contributed by atoms with E-state index in [0.717, 1.165) is 12.0 Å². The van der Waals surface area contributed by atoms with Crippen LogP contribution >= 0.6 is 0 Å². The zero-order valence-corrected chi connectivity index (χ0v) is 14.2. The number of methoxy groups -OCH3 is 1. The number of carbonyl (C=O) groups is 1. The van der Waals surface area contributed by atoms with Crippen LogP contribution < -0.4 is 0 Å². The molecule has 22 heavy (non-hydrogen) atoms. The molecule has 1 aromatic carbocycles. The number of amides is 1. The molecule has 0 bridgehead atoms. The number of ether oxygens (including phenoxy) is 2. The van der Waals surface area contributed by atoms with E-state index in [2.05, 4.69) is 19.1 Å². The molecule has 1 heterocycles. The van der Waals surface area contributed by atoms with Crippen molar-refractivity contribution in [3.05, 3.63) is 35.9 Å². The second-order valence-corrected chi connectivity index (χ2v) is 7.05. The van der Waals surface area contributed by atoms with Crippen LogP contribution in [-0.2, 0) is 9.47 Å². The summed E-state index contributed by atoms with van der Waals surface area (Å²) in [4.78, 5) is 14.4. The van der Waals surface area contributed by atoms with Gasteiger partial charge in [-0.05, 0) is 32.8 Å². The molecule has 3 atom stereocenters. The fourth-order valence-corrected chi connectivity index (χ4v) is 2.98. The number of benzene rings is 1. The Morgan fingerprint density at radius 3 is 2.41 bits per heavy atom. The van der Waals surface area contributed by atoms with Crippen molar-refractivity contribution in [2.24, 2.45) is 5.92 Å². The van der Waals surface area contributed by atoms with Gasteiger partial charge in [0, 0.05) is 19.6 Å². The van der Waals surface area contributed by atoms with Crippen LogP contribution in [0.15, 0.2) is 30.3 Å². The molecule has 2 rings (SSSR count). The van der Waals surface area contributed by atoms with Gasteiger partial charge in [0.15, 0.2) is 0 Å². The van der Waals surface area contributed by atoms with Crippen molar-refractivity contribution in [2.75, 3.05) is 13.7 Å². The molecular formula is C18H27NO3. The molecule has 0 saturated carbocycles. The maximum absolute atomic E-state index is 12.6. The van der Waals surface area contributed by atoms with Gasteiger partial charge in [0.1, 0.15) is 5.60 Å². The van der Waals surface area contributed by atoms with Crippen molar-refractivity contribution >= 4 is 6.09 Å². The Morgan fingerprint density at radius 1 is 1.23 bits per heavy atom. The van der Waals surface area contributed by atoms with E-state index in [4.69, 9.17) is 9.47 Å². The average molecular weight is 305 g/mol. The van der Waals surface area contributed by atoms with Crippen molar-refractivity contribution in [2.45, 2.75) is 51.9 Å². The lowest BCUT2D eigenvalue weighted by Crippen LogP contribution is -2.49. The summed E-state index contributed by atoms with van der Waals surface area (Å²) < 4.78 is 11.2. The molecule has 1 saturated heterocycles. The quantitative estimate of drug-likeness (QED) is 0.828. The Bertz CT molecular complexity index is 495. The minimum Gasteiger partial charge on any atom is -0.444 e. The van der Waals surface area contributed by atoms with Gasteiger partial charge in [0.05, 0.1) is 12.1 Å². The molecule has 0 radical (unpaired) electrons. The van der Waals surface area contributed by atoms with Crippen LogP contribution in [0.3, 0.4) is 0 Å². The highest BCUT2D eigenvalue weighted by molar-refractivity contribution is 5.69. The normalized spacial score (nSPS) is 25.9. The molecule has 122 valence electrons. The number of piperidine rings is 1. The standard InChI is InChI=1S/C18H27NO3/c1-13-12-19(17(20)22-18(2,3)4)15(11-16(13)21-5)14-9-7-6-8-10-14/h6-10,13,15-16H,11-12H2,1-5H3/t13-,15-,16+/m1/s1. The van der Waals surface area contributed by atoms with Gasteiger partial charge in [-0.3, -0.25) is 0 Å². The van der Waals surface area contributed by atoms with E-state index in [1.165, 1.54) is 0 Å². The highest BCUT2D eigenvalue weighted by Crippen LogP contribution is 2.35. The third kappa shape index (κ3) is 4.01. The van der Waals surface area contributed by atoms with E-state index in [-0.39, 0.29) is 24.2 Å². The number of hydrogen-bond acceptors (Lipinski definition) is 3. The van der Waals surface area contributed by atoms with Gasteiger partial charge in [-0.2, -0.15) is 0 Å². The topological polar surface area (TPSA) is 38.8 Å². The van der Waals surface area contributed by atoms with E-state index in [1.807, 2.05) is 43.9 Å². The minimum atomic E-state index is -0.486. The summed E-state index contributed by atoms with van der Waals surface area (Å²) in [6, 6.07) is 10.1. The molecule has 0 aromatic heterocycles. The summed E-state index contributed by atoms with van der Waals surface area (Å²) >= 11 is 0. The van der Waals surface area contributed by atoms with Crippen LogP contribution in [0.4, 0.5) is 4.79 Å². The first kappa shape index (κ1) is 16.8. The largest absolute Gasteiger partial charge is 0.444 e. The van der Waals surface area contributed by atoms with Crippen LogP contribution in [0.5, 0.6) is 0 Å². The second-order valence-electron chi connectivity index (χ2n) is 7.05. The van der Waals surface area contributed by atoms with Gasteiger partial charge in [0.2, 0.25) is 0 Å². The van der Waals surface area contributed by atoms with Gasteiger partial charge >= 0.3 is 6.09 Å². The number of nitrogens with zero attached hydrogens (tertiary/aromatic N) is 1.